The van der Waals surface area contributed by atoms with E-state index in [1.165, 1.54) is 10.5 Å². The van der Waals surface area contributed by atoms with Gasteiger partial charge in [-0.3, -0.25) is 9.98 Å². The van der Waals surface area contributed by atoms with Crippen LogP contribution in [0.2, 0.25) is 0 Å². The van der Waals surface area contributed by atoms with E-state index in [9.17, 15) is 0 Å². The summed E-state index contributed by atoms with van der Waals surface area (Å²) < 4.78 is 0. The summed E-state index contributed by atoms with van der Waals surface area (Å²) in [4.78, 5) is 13.2. The Morgan fingerprint density at radius 1 is 1.38 bits per heavy atom. The Labute approximate surface area is 130 Å². The van der Waals surface area contributed by atoms with E-state index in [-0.39, 0.29) is 5.54 Å². The third kappa shape index (κ3) is 2.91. The second-order valence-electron chi connectivity index (χ2n) is 6.34. The van der Waals surface area contributed by atoms with E-state index in [1.54, 1.807) is 11.8 Å². The summed E-state index contributed by atoms with van der Waals surface area (Å²) in [6, 6.07) is 6.44. The average Bonchev–Trinajstić information content (AvgIpc) is 2.45. The highest BCUT2D eigenvalue weighted by atomic mass is 32.2. The quantitative estimate of drug-likeness (QED) is 0.782. The minimum absolute atomic E-state index is 0.0799. The molecule has 0 saturated heterocycles. The molecule has 0 aromatic heterocycles. The van der Waals surface area contributed by atoms with Crippen LogP contribution in [-0.4, -0.2) is 34.5 Å². The number of nitrogens with zero attached hydrogens (tertiary/aromatic N) is 3. The zero-order chi connectivity index (χ0) is 15.0. The predicted molar refractivity (Wildman–Crippen MR) is 92.3 cm³/mol. The third-order valence-electron chi connectivity index (χ3n) is 3.40. The topological polar surface area (TPSA) is 28.0 Å². The van der Waals surface area contributed by atoms with Gasteiger partial charge in [0, 0.05) is 23.5 Å². The molecule has 1 aromatic carbocycles. The highest BCUT2D eigenvalue weighted by molar-refractivity contribution is 8.14. The Hall–Kier alpha value is -1.55. The first-order valence-electron chi connectivity index (χ1n) is 7.34. The van der Waals surface area contributed by atoms with Crippen LogP contribution in [0, 0.1) is 0 Å². The summed E-state index contributed by atoms with van der Waals surface area (Å²) in [6.45, 7) is 12.2. The molecule has 4 heteroatoms. The Morgan fingerprint density at radius 3 is 2.90 bits per heavy atom. The monoisotopic (exact) mass is 299 g/mol. The maximum Gasteiger partial charge on any atom is 0.170 e. The van der Waals surface area contributed by atoms with Crippen LogP contribution in [-0.2, 0) is 0 Å². The molecule has 0 unspecified atom stereocenters. The van der Waals surface area contributed by atoms with E-state index in [0.717, 1.165) is 36.1 Å². The maximum atomic E-state index is 4.90. The Kier molecular flexibility index (Phi) is 3.66. The summed E-state index contributed by atoms with van der Waals surface area (Å²) in [5, 5.41) is 1.07. The molecule has 1 aromatic rings. The van der Waals surface area contributed by atoms with Crippen molar-refractivity contribution in [3.63, 3.8) is 0 Å². The molecule has 0 radical (unpaired) electrons. The van der Waals surface area contributed by atoms with Gasteiger partial charge >= 0.3 is 0 Å². The van der Waals surface area contributed by atoms with Gasteiger partial charge < -0.3 is 4.90 Å². The molecule has 21 heavy (non-hydrogen) atoms. The zero-order valence-corrected chi connectivity index (χ0v) is 13.7. The molecule has 0 spiro atoms. The molecular formula is C17H21N3S. The Bertz CT molecular complexity index is 638. The summed E-state index contributed by atoms with van der Waals surface area (Å²) in [7, 11) is 0. The Morgan fingerprint density at radius 2 is 2.19 bits per heavy atom. The molecule has 3 rings (SSSR count). The highest BCUT2D eigenvalue weighted by Crippen LogP contribution is 2.35. The lowest BCUT2D eigenvalue weighted by Crippen LogP contribution is -2.43. The first-order valence-corrected chi connectivity index (χ1v) is 8.16. The van der Waals surface area contributed by atoms with Gasteiger partial charge in [0.25, 0.3) is 0 Å². The van der Waals surface area contributed by atoms with Gasteiger partial charge in [-0.2, -0.15) is 0 Å². The molecule has 0 amide bonds. The van der Waals surface area contributed by atoms with Crippen LogP contribution >= 0.6 is 11.8 Å². The van der Waals surface area contributed by atoms with Crippen molar-refractivity contribution in [3.05, 3.63) is 35.9 Å². The number of hydrogen-bond donors (Lipinski definition) is 0. The van der Waals surface area contributed by atoms with Gasteiger partial charge in [-0.1, -0.05) is 30.5 Å². The van der Waals surface area contributed by atoms with E-state index in [1.807, 2.05) is 6.08 Å². The molecule has 0 aliphatic carbocycles. The van der Waals surface area contributed by atoms with Crippen LogP contribution in [0.1, 0.15) is 38.3 Å². The largest absolute Gasteiger partial charge is 0.305 e. The van der Waals surface area contributed by atoms with E-state index >= 15 is 0 Å². The number of hydrogen-bond acceptors (Lipinski definition) is 3. The smallest absolute Gasteiger partial charge is 0.170 e. The summed E-state index contributed by atoms with van der Waals surface area (Å²) >= 11 is 1.75. The number of fused-ring (bicyclic) bond motifs is 3. The third-order valence-corrected chi connectivity index (χ3v) is 4.47. The number of rotatable bonds is 1. The molecule has 2 aliphatic heterocycles. The molecule has 2 aliphatic rings. The fraction of sp³-hybridized carbons (Fsp3) is 0.412. The second kappa shape index (κ2) is 5.34. The van der Waals surface area contributed by atoms with E-state index in [0.29, 0.717) is 0 Å². The summed E-state index contributed by atoms with van der Waals surface area (Å²) in [5.74, 6) is 1.07. The molecule has 0 fully saturated rings. The molecule has 2 heterocycles. The number of aliphatic imine (C=N–C) groups is 2. The predicted octanol–water partition coefficient (Wildman–Crippen LogP) is 4.04. The maximum absolute atomic E-state index is 4.90. The van der Waals surface area contributed by atoms with E-state index < -0.39 is 0 Å². The van der Waals surface area contributed by atoms with Crippen LogP contribution in [0.5, 0.6) is 0 Å². The number of benzene rings is 1. The SMILES string of the molecule is C=Cc1ccc2c(c1)C1=NCCCN1C(=NC(C)(C)C)S2. The fourth-order valence-electron chi connectivity index (χ4n) is 2.48. The van der Waals surface area contributed by atoms with Crippen LogP contribution in [0.4, 0.5) is 0 Å². The standard InChI is InChI=1S/C17H21N3S/c1-5-12-7-8-14-13(11-12)15-18-9-6-10-20(15)16(21-14)19-17(2,3)4/h5,7-8,11H,1,6,9-10H2,2-4H3. The van der Waals surface area contributed by atoms with Crippen LogP contribution in [0.15, 0.2) is 39.7 Å². The zero-order valence-electron chi connectivity index (χ0n) is 12.9. The van der Waals surface area contributed by atoms with Crippen molar-refractivity contribution in [2.45, 2.75) is 37.6 Å². The van der Waals surface area contributed by atoms with Gasteiger partial charge in [0.1, 0.15) is 5.84 Å². The summed E-state index contributed by atoms with van der Waals surface area (Å²) in [5.41, 5.74) is 2.27. The minimum Gasteiger partial charge on any atom is -0.305 e. The lowest BCUT2D eigenvalue weighted by Gasteiger charge is -2.36. The van der Waals surface area contributed by atoms with Gasteiger partial charge in [-0.25, -0.2) is 0 Å². The van der Waals surface area contributed by atoms with Gasteiger partial charge in [-0.15, -0.1) is 0 Å². The van der Waals surface area contributed by atoms with Crippen molar-refractivity contribution in [2.75, 3.05) is 13.1 Å². The minimum atomic E-state index is -0.0799. The van der Waals surface area contributed by atoms with Gasteiger partial charge in [-0.05, 0) is 44.9 Å². The molecule has 0 bridgehead atoms. The van der Waals surface area contributed by atoms with Crippen molar-refractivity contribution < 1.29 is 0 Å². The van der Waals surface area contributed by atoms with E-state index in [4.69, 9.17) is 9.98 Å². The molecule has 110 valence electrons. The van der Waals surface area contributed by atoms with Crippen LogP contribution in [0.25, 0.3) is 6.08 Å². The molecule has 0 N–H and O–H groups in total. The first kappa shape index (κ1) is 14.4. The summed E-state index contributed by atoms with van der Waals surface area (Å²) in [6.07, 6.45) is 2.97. The normalized spacial score (nSPS) is 19.9. The Balaban J connectivity index is 2.12. The molecular weight excluding hydrogens is 278 g/mol. The molecule has 0 atom stereocenters. The van der Waals surface area contributed by atoms with Crippen LogP contribution < -0.4 is 0 Å². The highest BCUT2D eigenvalue weighted by Gasteiger charge is 2.31. The van der Waals surface area contributed by atoms with Gasteiger partial charge in [0.15, 0.2) is 5.17 Å². The van der Waals surface area contributed by atoms with E-state index in [2.05, 4.69) is 50.4 Å². The lowest BCUT2D eigenvalue weighted by atomic mass is 10.1. The van der Waals surface area contributed by atoms with Crippen molar-refractivity contribution in [1.29, 1.82) is 0 Å². The van der Waals surface area contributed by atoms with Gasteiger partial charge in [0.05, 0.1) is 5.54 Å². The number of amidine groups is 2. The van der Waals surface area contributed by atoms with Gasteiger partial charge in [0.2, 0.25) is 0 Å². The second-order valence-corrected chi connectivity index (χ2v) is 7.35. The molecule has 0 saturated carbocycles. The van der Waals surface area contributed by atoms with Crippen molar-refractivity contribution in [1.82, 2.24) is 4.90 Å². The van der Waals surface area contributed by atoms with Crippen molar-refractivity contribution in [3.8, 4) is 0 Å². The van der Waals surface area contributed by atoms with Crippen molar-refractivity contribution >= 4 is 28.8 Å². The fourth-order valence-corrected chi connectivity index (χ4v) is 3.68. The lowest BCUT2D eigenvalue weighted by molar-refractivity contribution is 0.527. The van der Waals surface area contributed by atoms with Crippen LogP contribution in [0.3, 0.4) is 0 Å². The van der Waals surface area contributed by atoms with Crippen molar-refractivity contribution in [2.24, 2.45) is 9.98 Å². The average molecular weight is 299 g/mol. The molecule has 3 nitrogen and oxygen atoms in total. The number of thioether (sulfide) groups is 1. The first-order chi connectivity index (χ1) is 9.98.